The first-order chi connectivity index (χ1) is 11.9. The van der Waals surface area contributed by atoms with Crippen LogP contribution >= 0.6 is 0 Å². The molecule has 0 fully saturated rings. The maximum absolute atomic E-state index is 13.9. The minimum absolute atomic E-state index is 0.0386. The second kappa shape index (κ2) is 6.97. The molecule has 8 heteroatoms. The van der Waals surface area contributed by atoms with Gasteiger partial charge in [-0.15, -0.1) is 0 Å². The Kier molecular flexibility index (Phi) is 4.91. The summed E-state index contributed by atoms with van der Waals surface area (Å²) in [5.41, 5.74) is 0. The van der Waals surface area contributed by atoms with Crippen LogP contribution < -0.4 is 9.47 Å². The van der Waals surface area contributed by atoms with E-state index in [1.807, 2.05) is 0 Å². The Hall–Kier alpha value is -2.19. The van der Waals surface area contributed by atoms with Gasteiger partial charge in [0.2, 0.25) is 10.0 Å². The summed E-state index contributed by atoms with van der Waals surface area (Å²) in [6, 6.07) is 10.1. The Morgan fingerprint density at radius 1 is 1.12 bits per heavy atom. The van der Waals surface area contributed by atoms with Gasteiger partial charge in [0.15, 0.2) is 23.1 Å². The van der Waals surface area contributed by atoms with Gasteiger partial charge in [-0.2, -0.15) is 4.31 Å². The molecule has 0 saturated carbocycles. The van der Waals surface area contributed by atoms with Crippen LogP contribution in [-0.4, -0.2) is 38.5 Å². The molecule has 0 aromatic heterocycles. The van der Waals surface area contributed by atoms with Crippen molar-refractivity contribution in [2.45, 2.75) is 17.9 Å². The minimum atomic E-state index is -4.20. The third-order valence-electron chi connectivity index (χ3n) is 3.86. The lowest BCUT2D eigenvalue weighted by Crippen LogP contribution is -2.43. The third-order valence-corrected chi connectivity index (χ3v) is 5.82. The van der Waals surface area contributed by atoms with Gasteiger partial charge in [-0.05, 0) is 24.3 Å². The average Bonchev–Trinajstić information content (AvgIpc) is 2.61. The zero-order valence-electron chi connectivity index (χ0n) is 13.5. The SMILES string of the molecule is CCN(C[C@@H]1COc2ccccc2O1)S(=O)(=O)c1cccc(F)c1F. The number of hydrogen-bond donors (Lipinski definition) is 0. The molecule has 2 aromatic rings. The van der Waals surface area contributed by atoms with Gasteiger partial charge in [-0.25, -0.2) is 17.2 Å². The standard InChI is InChI=1S/C17H17F2NO4S/c1-2-20(25(21,22)16-9-5-6-13(18)17(16)19)10-12-11-23-14-7-3-4-8-15(14)24-12/h3-9,12H,2,10-11H2,1H3/t12-/m1/s1. The second-order valence-electron chi connectivity index (χ2n) is 5.51. The number of ether oxygens (including phenoxy) is 2. The fourth-order valence-corrected chi connectivity index (χ4v) is 4.15. The monoisotopic (exact) mass is 369 g/mol. The summed E-state index contributed by atoms with van der Waals surface area (Å²) in [7, 11) is -4.20. The highest BCUT2D eigenvalue weighted by Crippen LogP contribution is 2.31. The normalized spacial score (nSPS) is 16.9. The number of sulfonamides is 1. The van der Waals surface area contributed by atoms with Crippen molar-refractivity contribution < 1.29 is 26.7 Å². The van der Waals surface area contributed by atoms with Crippen molar-refractivity contribution >= 4 is 10.0 Å². The number of halogens is 2. The van der Waals surface area contributed by atoms with E-state index in [2.05, 4.69) is 0 Å². The summed E-state index contributed by atoms with van der Waals surface area (Å²) in [6.07, 6.45) is -0.554. The molecule has 0 radical (unpaired) electrons. The molecule has 5 nitrogen and oxygen atoms in total. The molecule has 1 heterocycles. The van der Waals surface area contributed by atoms with Crippen LogP contribution in [0.1, 0.15) is 6.92 Å². The fraction of sp³-hybridized carbons (Fsp3) is 0.294. The number of nitrogens with zero attached hydrogens (tertiary/aromatic N) is 1. The smallest absolute Gasteiger partial charge is 0.246 e. The van der Waals surface area contributed by atoms with Gasteiger partial charge in [0.1, 0.15) is 17.6 Å². The summed E-state index contributed by atoms with van der Waals surface area (Å²) >= 11 is 0. The second-order valence-corrected chi connectivity index (χ2v) is 7.41. The zero-order chi connectivity index (χ0) is 18.0. The van der Waals surface area contributed by atoms with E-state index in [1.54, 1.807) is 31.2 Å². The van der Waals surface area contributed by atoms with E-state index < -0.39 is 32.7 Å². The molecule has 1 aliphatic heterocycles. The number of para-hydroxylation sites is 2. The minimum Gasteiger partial charge on any atom is -0.486 e. The topological polar surface area (TPSA) is 55.8 Å². The van der Waals surface area contributed by atoms with Crippen molar-refractivity contribution in [1.82, 2.24) is 4.31 Å². The Balaban J connectivity index is 1.82. The molecule has 0 saturated heterocycles. The van der Waals surface area contributed by atoms with E-state index >= 15 is 0 Å². The van der Waals surface area contributed by atoms with Crippen molar-refractivity contribution in [2.24, 2.45) is 0 Å². The predicted molar refractivity (Wildman–Crippen MR) is 87.1 cm³/mol. The molecule has 0 N–H and O–H groups in total. The summed E-state index contributed by atoms with van der Waals surface area (Å²) in [5, 5.41) is 0. The van der Waals surface area contributed by atoms with Crippen LogP contribution in [0.3, 0.4) is 0 Å². The fourth-order valence-electron chi connectivity index (χ4n) is 2.60. The van der Waals surface area contributed by atoms with Gasteiger partial charge in [-0.3, -0.25) is 0 Å². The summed E-state index contributed by atoms with van der Waals surface area (Å²) in [4.78, 5) is -0.688. The number of hydrogen-bond acceptors (Lipinski definition) is 4. The Labute approximate surface area is 144 Å². The van der Waals surface area contributed by atoms with Crippen LogP contribution in [0, 0.1) is 11.6 Å². The van der Waals surface area contributed by atoms with Gasteiger partial charge in [-0.1, -0.05) is 25.1 Å². The maximum Gasteiger partial charge on any atom is 0.246 e. The summed E-state index contributed by atoms with van der Waals surface area (Å²) in [5.74, 6) is -1.49. The largest absolute Gasteiger partial charge is 0.486 e. The number of likely N-dealkylation sites (N-methyl/N-ethyl adjacent to an activating group) is 1. The first-order valence-corrected chi connectivity index (χ1v) is 9.20. The molecule has 0 aliphatic carbocycles. The molecule has 2 aromatic carbocycles. The van der Waals surface area contributed by atoms with Crippen molar-refractivity contribution in [2.75, 3.05) is 19.7 Å². The van der Waals surface area contributed by atoms with Crippen molar-refractivity contribution in [1.29, 1.82) is 0 Å². The zero-order valence-corrected chi connectivity index (χ0v) is 14.3. The molecule has 0 unspecified atom stereocenters. The van der Waals surface area contributed by atoms with Gasteiger partial charge in [0.05, 0.1) is 6.54 Å². The van der Waals surface area contributed by atoms with E-state index in [-0.39, 0.29) is 19.7 Å². The van der Waals surface area contributed by atoms with Gasteiger partial charge in [0.25, 0.3) is 0 Å². The van der Waals surface area contributed by atoms with Crippen molar-refractivity contribution in [3.63, 3.8) is 0 Å². The van der Waals surface area contributed by atoms with E-state index in [9.17, 15) is 17.2 Å². The molecule has 0 bridgehead atoms. The quantitative estimate of drug-likeness (QED) is 0.813. The van der Waals surface area contributed by atoms with E-state index in [0.29, 0.717) is 11.5 Å². The van der Waals surface area contributed by atoms with E-state index in [4.69, 9.17) is 9.47 Å². The predicted octanol–water partition coefficient (Wildman–Crippen LogP) is 2.82. The highest BCUT2D eigenvalue weighted by atomic mass is 32.2. The number of benzene rings is 2. The number of fused-ring (bicyclic) bond motifs is 1. The van der Waals surface area contributed by atoms with Crippen molar-refractivity contribution in [3.05, 3.63) is 54.1 Å². The Bertz CT molecular complexity index is 873. The van der Waals surface area contributed by atoms with Crippen LogP contribution in [0.25, 0.3) is 0 Å². The van der Waals surface area contributed by atoms with Crippen molar-refractivity contribution in [3.8, 4) is 11.5 Å². The van der Waals surface area contributed by atoms with Crippen LogP contribution in [-0.2, 0) is 10.0 Å². The van der Waals surface area contributed by atoms with Gasteiger partial charge in [0, 0.05) is 6.54 Å². The number of rotatable bonds is 5. The van der Waals surface area contributed by atoms with Crippen LogP contribution in [0.2, 0.25) is 0 Å². The Morgan fingerprint density at radius 2 is 1.84 bits per heavy atom. The Morgan fingerprint density at radius 3 is 2.56 bits per heavy atom. The molecule has 25 heavy (non-hydrogen) atoms. The maximum atomic E-state index is 13.9. The summed E-state index contributed by atoms with van der Waals surface area (Å²) < 4.78 is 65.0. The van der Waals surface area contributed by atoms with Crippen LogP contribution in [0.4, 0.5) is 8.78 Å². The van der Waals surface area contributed by atoms with Gasteiger partial charge >= 0.3 is 0 Å². The van der Waals surface area contributed by atoms with Crippen LogP contribution in [0.5, 0.6) is 11.5 Å². The molecule has 0 amide bonds. The molecule has 1 atom stereocenters. The highest BCUT2D eigenvalue weighted by Gasteiger charge is 2.32. The average molecular weight is 369 g/mol. The van der Waals surface area contributed by atoms with Crippen LogP contribution in [0.15, 0.2) is 47.4 Å². The third kappa shape index (κ3) is 3.45. The molecular weight excluding hydrogens is 352 g/mol. The molecule has 0 spiro atoms. The molecule has 1 aliphatic rings. The lowest BCUT2D eigenvalue weighted by molar-refractivity contribution is 0.0771. The molecule has 3 rings (SSSR count). The van der Waals surface area contributed by atoms with E-state index in [0.717, 1.165) is 22.5 Å². The lowest BCUT2D eigenvalue weighted by Gasteiger charge is -2.30. The molecular formula is C17H17F2NO4S. The van der Waals surface area contributed by atoms with E-state index in [1.165, 1.54) is 0 Å². The molecule has 134 valence electrons. The first-order valence-electron chi connectivity index (χ1n) is 7.76. The lowest BCUT2D eigenvalue weighted by atomic mass is 10.2. The highest BCUT2D eigenvalue weighted by molar-refractivity contribution is 7.89. The summed E-state index contributed by atoms with van der Waals surface area (Å²) in [6.45, 7) is 1.82. The first kappa shape index (κ1) is 17.6. The van der Waals surface area contributed by atoms with Gasteiger partial charge < -0.3 is 9.47 Å².